The average Bonchev–Trinajstić information content (AvgIpc) is 2.69. The van der Waals surface area contributed by atoms with Gasteiger partial charge >= 0.3 is 5.97 Å². The van der Waals surface area contributed by atoms with E-state index in [0.717, 1.165) is 11.8 Å². The van der Waals surface area contributed by atoms with Crippen LogP contribution in [0.5, 0.6) is 5.75 Å². The second-order valence-corrected chi connectivity index (χ2v) is 8.69. The third-order valence-corrected chi connectivity index (χ3v) is 7.10. The van der Waals surface area contributed by atoms with Gasteiger partial charge in [-0.15, -0.1) is 0 Å². The van der Waals surface area contributed by atoms with Crippen molar-refractivity contribution >= 4 is 21.7 Å². The molecular weight excluding hydrogens is 380 g/mol. The van der Waals surface area contributed by atoms with Crippen LogP contribution in [0.15, 0.2) is 41.3 Å². The first kappa shape index (κ1) is 20.2. The number of carboxylic acid groups (broad SMARTS) is 1. The van der Waals surface area contributed by atoms with Gasteiger partial charge in [-0.05, 0) is 49.2 Å². The van der Waals surface area contributed by atoms with Crippen molar-refractivity contribution in [3.8, 4) is 5.75 Å². The topological polar surface area (TPSA) is 87.1 Å². The van der Waals surface area contributed by atoms with E-state index in [1.165, 1.54) is 34.7 Å². The maximum atomic E-state index is 13.1. The first-order valence-electron chi connectivity index (χ1n) is 8.98. The fourth-order valence-electron chi connectivity index (χ4n) is 3.40. The smallest absolute Gasteiger partial charge is 0.335 e. The number of aryl methyl sites for hydroxylation is 1. The van der Waals surface area contributed by atoms with Crippen LogP contribution in [0.2, 0.25) is 0 Å². The lowest BCUT2D eigenvalue weighted by Gasteiger charge is -2.36. The molecule has 1 aliphatic heterocycles. The maximum absolute atomic E-state index is 13.1. The quantitative estimate of drug-likeness (QED) is 0.824. The molecule has 1 saturated heterocycles. The summed E-state index contributed by atoms with van der Waals surface area (Å²) in [4.78, 5) is 13.3. The first-order chi connectivity index (χ1) is 13.3. The Morgan fingerprint density at radius 1 is 1.07 bits per heavy atom. The van der Waals surface area contributed by atoms with E-state index in [4.69, 9.17) is 4.74 Å². The second kappa shape index (κ2) is 7.81. The van der Waals surface area contributed by atoms with Crippen molar-refractivity contribution in [1.29, 1.82) is 0 Å². The Morgan fingerprint density at radius 3 is 2.36 bits per heavy atom. The highest BCUT2D eigenvalue weighted by atomic mass is 32.2. The van der Waals surface area contributed by atoms with Gasteiger partial charge in [0.2, 0.25) is 10.0 Å². The molecule has 28 heavy (non-hydrogen) atoms. The molecule has 8 heteroatoms. The number of carbonyl (C=O) groups is 1. The Balaban J connectivity index is 1.85. The molecule has 0 bridgehead atoms. The number of piperazine rings is 1. The minimum Gasteiger partial charge on any atom is -0.495 e. The van der Waals surface area contributed by atoms with Crippen LogP contribution in [0.3, 0.4) is 0 Å². The second-order valence-electron chi connectivity index (χ2n) is 6.78. The van der Waals surface area contributed by atoms with Crippen molar-refractivity contribution in [3.63, 3.8) is 0 Å². The zero-order valence-electron chi connectivity index (χ0n) is 16.2. The van der Waals surface area contributed by atoms with Crippen molar-refractivity contribution in [2.45, 2.75) is 18.7 Å². The lowest BCUT2D eigenvalue weighted by molar-refractivity contribution is 0.0696. The summed E-state index contributed by atoms with van der Waals surface area (Å²) in [6, 6.07) is 9.98. The molecule has 0 radical (unpaired) electrons. The molecule has 0 amide bonds. The molecule has 1 aliphatic rings. The normalized spacial score (nSPS) is 15.5. The van der Waals surface area contributed by atoms with Crippen LogP contribution in [-0.4, -0.2) is 57.1 Å². The van der Waals surface area contributed by atoms with E-state index in [1.54, 1.807) is 0 Å². The van der Waals surface area contributed by atoms with Crippen LogP contribution < -0.4 is 9.64 Å². The number of methoxy groups -OCH3 is 1. The van der Waals surface area contributed by atoms with Crippen molar-refractivity contribution in [1.82, 2.24) is 4.31 Å². The predicted octanol–water partition coefficient (Wildman–Crippen LogP) is 2.52. The number of carboxylic acids is 1. The third-order valence-electron chi connectivity index (χ3n) is 5.18. The van der Waals surface area contributed by atoms with Crippen LogP contribution >= 0.6 is 0 Å². The average molecular weight is 404 g/mol. The molecule has 3 rings (SSSR count). The van der Waals surface area contributed by atoms with Crippen LogP contribution in [-0.2, 0) is 10.0 Å². The lowest BCUT2D eigenvalue weighted by Crippen LogP contribution is -2.49. The Hall–Kier alpha value is -2.58. The van der Waals surface area contributed by atoms with Gasteiger partial charge in [0.25, 0.3) is 0 Å². The number of aromatic carboxylic acids is 1. The Kier molecular flexibility index (Phi) is 5.62. The largest absolute Gasteiger partial charge is 0.495 e. The molecule has 2 aromatic rings. The molecular formula is C20H24N2O5S. The van der Waals surface area contributed by atoms with Crippen LogP contribution in [0.25, 0.3) is 0 Å². The van der Waals surface area contributed by atoms with Gasteiger partial charge in [-0.25, -0.2) is 13.2 Å². The Bertz CT molecular complexity index is 996. The highest BCUT2D eigenvalue weighted by molar-refractivity contribution is 7.89. The van der Waals surface area contributed by atoms with Crippen LogP contribution in [0, 0.1) is 13.8 Å². The Labute approximate surface area is 165 Å². The molecule has 0 atom stereocenters. The summed E-state index contributed by atoms with van der Waals surface area (Å²) >= 11 is 0. The number of sulfonamides is 1. The Morgan fingerprint density at radius 2 is 1.75 bits per heavy atom. The zero-order valence-corrected chi connectivity index (χ0v) is 17.0. The third kappa shape index (κ3) is 3.70. The van der Waals surface area contributed by atoms with E-state index in [0.29, 0.717) is 26.2 Å². The van der Waals surface area contributed by atoms with Crippen molar-refractivity contribution in [3.05, 3.63) is 53.1 Å². The van der Waals surface area contributed by atoms with E-state index >= 15 is 0 Å². The van der Waals surface area contributed by atoms with Gasteiger partial charge in [-0.2, -0.15) is 4.31 Å². The van der Waals surface area contributed by atoms with E-state index in [9.17, 15) is 18.3 Å². The first-order valence-corrected chi connectivity index (χ1v) is 10.4. The molecule has 0 unspecified atom stereocenters. The standard InChI is InChI=1S/C20H24N2O5S/c1-14-5-4-6-17(15(14)2)21-9-11-22(12-10-21)28(25,26)19-13-16(20(23)24)7-8-18(19)27-3/h4-8,13H,9-12H2,1-3H3,(H,23,24). The highest BCUT2D eigenvalue weighted by Crippen LogP contribution is 2.30. The van der Waals surface area contributed by atoms with Crippen LogP contribution in [0.1, 0.15) is 21.5 Å². The molecule has 0 aromatic heterocycles. The van der Waals surface area contributed by atoms with E-state index < -0.39 is 16.0 Å². The molecule has 1 heterocycles. The number of ether oxygens (including phenoxy) is 1. The minimum atomic E-state index is -3.87. The summed E-state index contributed by atoms with van der Waals surface area (Å²) in [5.41, 5.74) is 3.41. The molecule has 1 fully saturated rings. The SMILES string of the molecule is COc1ccc(C(=O)O)cc1S(=O)(=O)N1CCN(c2cccc(C)c2C)CC1. The van der Waals surface area contributed by atoms with Crippen molar-refractivity contribution < 1.29 is 23.1 Å². The maximum Gasteiger partial charge on any atom is 0.335 e. The molecule has 0 saturated carbocycles. The highest BCUT2D eigenvalue weighted by Gasteiger charge is 2.32. The lowest BCUT2D eigenvalue weighted by atomic mass is 10.1. The van der Waals surface area contributed by atoms with Gasteiger partial charge in [0.1, 0.15) is 10.6 Å². The number of anilines is 1. The number of hydrogen-bond acceptors (Lipinski definition) is 5. The van der Waals surface area contributed by atoms with Gasteiger partial charge in [-0.3, -0.25) is 0 Å². The monoisotopic (exact) mass is 404 g/mol. The number of hydrogen-bond donors (Lipinski definition) is 1. The van der Waals surface area contributed by atoms with E-state index in [1.807, 2.05) is 12.1 Å². The van der Waals surface area contributed by atoms with E-state index in [2.05, 4.69) is 24.8 Å². The molecule has 7 nitrogen and oxygen atoms in total. The fourth-order valence-corrected chi connectivity index (χ4v) is 5.00. The summed E-state index contributed by atoms with van der Waals surface area (Å²) in [5.74, 6) is -1.04. The van der Waals surface area contributed by atoms with Gasteiger partial charge in [0, 0.05) is 31.9 Å². The van der Waals surface area contributed by atoms with Gasteiger partial charge in [0.15, 0.2) is 0 Å². The molecule has 0 spiro atoms. The molecule has 150 valence electrons. The summed E-state index contributed by atoms with van der Waals surface area (Å²) in [5, 5.41) is 9.20. The minimum absolute atomic E-state index is 0.0894. The summed E-state index contributed by atoms with van der Waals surface area (Å²) in [6.45, 7) is 5.87. The fraction of sp³-hybridized carbons (Fsp3) is 0.350. The van der Waals surface area contributed by atoms with Crippen molar-refractivity contribution in [2.75, 3.05) is 38.2 Å². The predicted molar refractivity (Wildman–Crippen MR) is 107 cm³/mol. The molecule has 2 aromatic carbocycles. The molecule has 1 N–H and O–H groups in total. The summed E-state index contributed by atoms with van der Waals surface area (Å²) in [7, 11) is -2.50. The summed E-state index contributed by atoms with van der Waals surface area (Å²) < 4.78 is 32.8. The van der Waals surface area contributed by atoms with E-state index in [-0.39, 0.29) is 16.2 Å². The number of rotatable bonds is 5. The zero-order chi connectivity index (χ0) is 20.5. The van der Waals surface area contributed by atoms with Gasteiger partial charge in [0.05, 0.1) is 12.7 Å². The van der Waals surface area contributed by atoms with Crippen molar-refractivity contribution in [2.24, 2.45) is 0 Å². The summed E-state index contributed by atoms with van der Waals surface area (Å²) in [6.07, 6.45) is 0. The number of benzene rings is 2. The van der Waals surface area contributed by atoms with Gasteiger partial charge < -0.3 is 14.7 Å². The molecule has 0 aliphatic carbocycles. The van der Waals surface area contributed by atoms with Gasteiger partial charge in [-0.1, -0.05) is 12.1 Å². The van der Waals surface area contributed by atoms with Crippen LogP contribution in [0.4, 0.5) is 5.69 Å². The number of nitrogens with zero attached hydrogens (tertiary/aromatic N) is 2.